The molecule has 282 valence electrons. The first-order valence-electron chi connectivity index (χ1n) is 18.6. The number of sulfonamides is 1. The fourth-order valence-corrected chi connectivity index (χ4v) is 9.10. The van der Waals surface area contributed by atoms with Gasteiger partial charge in [-0.25, -0.2) is 13.4 Å². The number of amides is 4. The Hall–Kier alpha value is -5.31. The van der Waals surface area contributed by atoms with Crippen LogP contribution in [0.1, 0.15) is 74.0 Å². The molecule has 4 aliphatic rings. The van der Waals surface area contributed by atoms with Gasteiger partial charge in [0.2, 0.25) is 27.7 Å². The molecule has 8 rings (SSSR count). The molecule has 0 radical (unpaired) electrons. The van der Waals surface area contributed by atoms with Gasteiger partial charge in [-0.15, -0.1) is 0 Å². The van der Waals surface area contributed by atoms with Gasteiger partial charge in [0.05, 0.1) is 17.3 Å². The molecular weight excluding hydrogens is 711 g/mol. The molecular formula is C39H43N7O7S. The normalized spacial score (nSPS) is 26.9. The number of aromatic nitrogens is 3. The van der Waals surface area contributed by atoms with Crippen molar-refractivity contribution in [3.63, 3.8) is 0 Å². The lowest BCUT2D eigenvalue weighted by Crippen LogP contribution is -2.58. The molecule has 1 saturated heterocycles. The molecule has 2 aliphatic carbocycles. The zero-order valence-electron chi connectivity index (χ0n) is 29.9. The predicted octanol–water partition coefficient (Wildman–Crippen LogP) is 3.57. The van der Waals surface area contributed by atoms with E-state index in [1.165, 1.54) is 4.90 Å². The third-order valence-electron chi connectivity index (χ3n) is 10.9. The minimum absolute atomic E-state index is 0.00617. The lowest BCUT2D eigenvalue weighted by Gasteiger charge is -2.29. The summed E-state index contributed by atoms with van der Waals surface area (Å²) in [6.45, 7) is 1.78. The van der Waals surface area contributed by atoms with Crippen LogP contribution >= 0.6 is 0 Å². The molecule has 2 aliphatic heterocycles. The first-order valence-corrected chi connectivity index (χ1v) is 20.2. The largest absolute Gasteiger partial charge is 0.472 e. The number of fused-ring (bicyclic) bond motifs is 5. The highest BCUT2D eigenvalue weighted by molar-refractivity contribution is 7.91. The summed E-state index contributed by atoms with van der Waals surface area (Å²) < 4.78 is 34.5. The van der Waals surface area contributed by atoms with Crippen LogP contribution in [0, 0.1) is 12.8 Å². The van der Waals surface area contributed by atoms with E-state index in [4.69, 9.17) is 9.72 Å². The number of aryl methyl sites for hydroxylation is 1. The summed E-state index contributed by atoms with van der Waals surface area (Å²) in [6, 6.07) is 15.0. The van der Waals surface area contributed by atoms with Gasteiger partial charge in [-0.1, -0.05) is 61.4 Å². The number of nitrogens with zero attached hydrogens (tertiary/aromatic N) is 3. The van der Waals surface area contributed by atoms with Crippen LogP contribution in [0.25, 0.3) is 21.7 Å². The molecule has 54 heavy (non-hydrogen) atoms. The van der Waals surface area contributed by atoms with Gasteiger partial charge in [-0.3, -0.25) is 29.0 Å². The highest BCUT2D eigenvalue weighted by Crippen LogP contribution is 2.46. The van der Waals surface area contributed by atoms with E-state index in [1.807, 2.05) is 60.7 Å². The number of ether oxygens (including phenoxy) is 1. The third-order valence-corrected chi connectivity index (χ3v) is 12.8. The van der Waals surface area contributed by atoms with Crippen LogP contribution in [0.4, 0.5) is 0 Å². The third kappa shape index (κ3) is 7.04. The highest BCUT2D eigenvalue weighted by atomic mass is 32.2. The Kier molecular flexibility index (Phi) is 9.36. The van der Waals surface area contributed by atoms with E-state index in [2.05, 4.69) is 25.6 Å². The number of allylic oxidation sites excluding steroid dienone is 1. The molecule has 2 aromatic heterocycles. The van der Waals surface area contributed by atoms with Gasteiger partial charge >= 0.3 is 0 Å². The van der Waals surface area contributed by atoms with Gasteiger partial charge < -0.3 is 20.3 Å². The van der Waals surface area contributed by atoms with Crippen molar-refractivity contribution in [2.24, 2.45) is 5.92 Å². The van der Waals surface area contributed by atoms with E-state index in [1.54, 1.807) is 13.0 Å². The Balaban J connectivity index is 1.12. The van der Waals surface area contributed by atoms with Gasteiger partial charge in [-0.2, -0.15) is 5.10 Å². The number of carbonyl (C=O) groups is 4. The topological polar surface area (TPSA) is 193 Å². The quantitative estimate of drug-likeness (QED) is 0.161. The molecule has 14 nitrogen and oxygen atoms in total. The zero-order chi connectivity index (χ0) is 37.6. The highest BCUT2D eigenvalue weighted by Gasteiger charge is 2.62. The number of hydrogen-bond donors (Lipinski definition) is 4. The number of aromatic amines is 1. The van der Waals surface area contributed by atoms with E-state index in [-0.39, 0.29) is 25.1 Å². The van der Waals surface area contributed by atoms with Gasteiger partial charge in [0.15, 0.2) is 0 Å². The minimum atomic E-state index is -3.89. The van der Waals surface area contributed by atoms with E-state index in [9.17, 15) is 27.6 Å². The summed E-state index contributed by atoms with van der Waals surface area (Å²) in [7, 11) is -3.89. The number of benzene rings is 2. The number of carbonyl (C=O) groups excluding carboxylic acids is 4. The van der Waals surface area contributed by atoms with E-state index in [0.29, 0.717) is 43.7 Å². The van der Waals surface area contributed by atoms with Crippen LogP contribution in [0.2, 0.25) is 0 Å². The van der Waals surface area contributed by atoms with Crippen LogP contribution in [0.5, 0.6) is 5.88 Å². The van der Waals surface area contributed by atoms with E-state index in [0.717, 1.165) is 34.5 Å². The first-order chi connectivity index (χ1) is 26.0. The number of H-pyrrole nitrogens is 1. The second-order valence-electron chi connectivity index (χ2n) is 14.9. The first kappa shape index (κ1) is 35.7. The van der Waals surface area contributed by atoms with Crippen molar-refractivity contribution in [1.82, 2.24) is 35.4 Å². The number of nitrogens with one attached hydrogen (secondary N) is 4. The summed E-state index contributed by atoms with van der Waals surface area (Å²) in [6.07, 6.45) is 7.63. The maximum atomic E-state index is 14.6. The second-order valence-corrected chi connectivity index (χ2v) is 16.9. The molecule has 0 unspecified atom stereocenters. The van der Waals surface area contributed by atoms with Crippen LogP contribution < -0.4 is 20.1 Å². The van der Waals surface area contributed by atoms with Crippen LogP contribution in [-0.4, -0.2) is 87.6 Å². The molecule has 15 heteroatoms. The molecule has 4 aromatic rings. The Bertz CT molecular complexity index is 2290. The fraction of sp³-hybridized carbons (Fsp3) is 0.436. The van der Waals surface area contributed by atoms with E-state index >= 15 is 0 Å². The maximum absolute atomic E-state index is 14.6. The van der Waals surface area contributed by atoms with E-state index < -0.39 is 68.5 Å². The van der Waals surface area contributed by atoms with Crippen molar-refractivity contribution >= 4 is 55.3 Å². The summed E-state index contributed by atoms with van der Waals surface area (Å²) in [5, 5.41) is 14.6. The summed E-state index contributed by atoms with van der Waals surface area (Å²) in [5.74, 6) is -2.44. The lowest BCUT2D eigenvalue weighted by atomic mass is 10.0. The Morgan fingerprint density at radius 2 is 1.74 bits per heavy atom. The Morgan fingerprint density at radius 1 is 0.981 bits per heavy atom. The monoisotopic (exact) mass is 753 g/mol. The van der Waals surface area contributed by atoms with Crippen LogP contribution in [-0.2, 0) is 24.4 Å². The Morgan fingerprint density at radius 3 is 2.50 bits per heavy atom. The van der Waals surface area contributed by atoms with Gasteiger partial charge in [0, 0.05) is 28.8 Å². The lowest BCUT2D eigenvalue weighted by molar-refractivity contribution is -0.141. The van der Waals surface area contributed by atoms with Crippen molar-refractivity contribution in [1.29, 1.82) is 0 Å². The van der Waals surface area contributed by atoms with Crippen molar-refractivity contribution in [2.45, 2.75) is 93.7 Å². The molecule has 4 heterocycles. The van der Waals surface area contributed by atoms with Crippen molar-refractivity contribution < 1.29 is 32.3 Å². The summed E-state index contributed by atoms with van der Waals surface area (Å²) in [5.41, 5.74) is 0.0619. The van der Waals surface area contributed by atoms with Crippen LogP contribution in [0.15, 0.2) is 66.7 Å². The SMILES string of the molecule is Cc1cc(C(=O)N[C@H]2CCCCC/C=C\[C@@H]3C[C@@]3(C(=O)NS(=O)(=O)C3CC3)NC(=O)[C@@H]3C[C@@H](Oc4nc5ccccc5c5ccccc45)CN3C2=O)n[nH]1. The minimum Gasteiger partial charge on any atom is -0.472 e. The molecule has 2 aromatic carbocycles. The van der Waals surface area contributed by atoms with Crippen molar-refractivity contribution in [3.8, 4) is 5.88 Å². The van der Waals surface area contributed by atoms with Crippen molar-refractivity contribution in [2.75, 3.05) is 6.54 Å². The van der Waals surface area contributed by atoms with Gasteiger partial charge in [0.1, 0.15) is 29.4 Å². The average molecular weight is 754 g/mol. The number of rotatable bonds is 7. The number of pyridine rings is 1. The molecule has 0 bridgehead atoms. The smallest absolute Gasteiger partial charge is 0.272 e. The summed E-state index contributed by atoms with van der Waals surface area (Å²) in [4.78, 5) is 62.4. The maximum Gasteiger partial charge on any atom is 0.272 e. The second kappa shape index (κ2) is 14.2. The molecule has 2 saturated carbocycles. The number of hydrogen-bond acceptors (Lipinski definition) is 9. The standard InChI is InChI=1S/C39H43N7O7S/c1-23-19-32(44-43-23)34(47)40-31-16-6-4-2-3-5-11-24-21-39(24,38(50)45-54(51,52)26-17-18-26)42-35(48)33-20-25(22-46(33)37(31)49)53-36-29-14-8-7-12-27(29)28-13-9-10-15-30(28)41-36/h5,7-15,19,24-26,31,33H,2-4,6,16-18,20-22H2,1H3,(H,40,47)(H,42,48)(H,43,44)(H,45,50)/b11-5-/t24-,25-,31+,33+,39-/m1/s1. The Labute approximate surface area is 312 Å². The molecule has 4 amide bonds. The number of para-hydroxylation sites is 1. The van der Waals surface area contributed by atoms with Crippen LogP contribution in [0.3, 0.4) is 0 Å². The zero-order valence-corrected chi connectivity index (χ0v) is 30.7. The summed E-state index contributed by atoms with van der Waals surface area (Å²) >= 11 is 0. The average Bonchev–Trinajstić information content (AvgIpc) is 4.05. The molecule has 4 N–H and O–H groups in total. The van der Waals surface area contributed by atoms with Gasteiger partial charge in [0.25, 0.3) is 11.8 Å². The molecule has 5 atom stereocenters. The predicted molar refractivity (Wildman–Crippen MR) is 200 cm³/mol. The van der Waals surface area contributed by atoms with Crippen molar-refractivity contribution in [3.05, 3.63) is 78.1 Å². The molecule has 3 fully saturated rings. The fourth-order valence-electron chi connectivity index (χ4n) is 7.73. The molecule has 0 spiro atoms. The van der Waals surface area contributed by atoms with Gasteiger partial charge in [-0.05, 0) is 69.0 Å².